The molecular weight excluding hydrogens is 463 g/mol. The van der Waals surface area contributed by atoms with Gasteiger partial charge in [-0.2, -0.15) is 0 Å². The van der Waals surface area contributed by atoms with Gasteiger partial charge in [0.2, 0.25) is 5.78 Å². The molecule has 8 heteroatoms. The van der Waals surface area contributed by atoms with Gasteiger partial charge in [0.1, 0.15) is 17.3 Å². The van der Waals surface area contributed by atoms with Gasteiger partial charge < -0.3 is 24.2 Å². The molecular formula is C28H27FN2O5. The number of benzene rings is 3. The average molecular weight is 491 g/mol. The summed E-state index contributed by atoms with van der Waals surface area (Å²) in [4.78, 5) is 17.3. The second-order valence-corrected chi connectivity index (χ2v) is 8.68. The Bertz CT molecular complexity index is 1330. The molecule has 7 nitrogen and oxygen atoms in total. The van der Waals surface area contributed by atoms with Crippen molar-refractivity contribution in [3.8, 4) is 23.0 Å². The summed E-state index contributed by atoms with van der Waals surface area (Å²) in [6.07, 6.45) is 1.62. The molecule has 186 valence electrons. The predicted molar refractivity (Wildman–Crippen MR) is 134 cm³/mol. The summed E-state index contributed by atoms with van der Waals surface area (Å²) in [5.41, 5.74) is 2.20. The van der Waals surface area contributed by atoms with Crippen molar-refractivity contribution in [2.75, 3.05) is 45.3 Å². The molecule has 0 atom stereocenters. The van der Waals surface area contributed by atoms with Crippen LogP contribution in [-0.4, -0.2) is 56.2 Å². The number of aromatic hydroxyl groups is 1. The van der Waals surface area contributed by atoms with Crippen LogP contribution in [0.15, 0.2) is 60.4 Å². The lowest BCUT2D eigenvalue weighted by Crippen LogP contribution is -2.46. The Labute approximate surface area is 208 Å². The number of nitrogens with zero attached hydrogens (tertiary/aromatic N) is 2. The first-order valence-corrected chi connectivity index (χ1v) is 11.7. The second kappa shape index (κ2) is 9.91. The van der Waals surface area contributed by atoms with Gasteiger partial charge in [-0.1, -0.05) is 24.3 Å². The van der Waals surface area contributed by atoms with E-state index in [1.807, 2.05) is 11.0 Å². The summed E-state index contributed by atoms with van der Waals surface area (Å²) in [6.45, 7) is 3.06. The number of ketones is 1. The zero-order chi connectivity index (χ0) is 25.2. The van der Waals surface area contributed by atoms with Crippen LogP contribution in [0.2, 0.25) is 0 Å². The van der Waals surface area contributed by atoms with E-state index in [0.29, 0.717) is 72.4 Å². The van der Waals surface area contributed by atoms with Gasteiger partial charge in [-0.25, -0.2) is 4.39 Å². The number of methoxy groups -OCH3 is 2. The molecule has 2 aliphatic heterocycles. The normalized spacial score (nSPS) is 16.7. The van der Waals surface area contributed by atoms with Gasteiger partial charge in [0, 0.05) is 38.3 Å². The van der Waals surface area contributed by atoms with Gasteiger partial charge in [-0.3, -0.25) is 9.69 Å². The van der Waals surface area contributed by atoms with Crippen molar-refractivity contribution in [2.24, 2.45) is 0 Å². The van der Waals surface area contributed by atoms with Gasteiger partial charge in [0.05, 0.1) is 31.0 Å². The molecule has 0 bridgehead atoms. The number of hydrogen-bond donors (Lipinski definition) is 1. The highest BCUT2D eigenvalue weighted by Gasteiger charge is 2.32. The van der Waals surface area contributed by atoms with Crippen molar-refractivity contribution >= 4 is 17.5 Å². The fourth-order valence-corrected chi connectivity index (χ4v) is 4.70. The number of halogens is 1. The second-order valence-electron chi connectivity index (χ2n) is 8.68. The summed E-state index contributed by atoms with van der Waals surface area (Å²) < 4.78 is 31.0. The smallest absolute Gasteiger partial charge is 0.231 e. The van der Waals surface area contributed by atoms with E-state index in [0.717, 1.165) is 0 Å². The van der Waals surface area contributed by atoms with E-state index < -0.39 is 0 Å². The van der Waals surface area contributed by atoms with E-state index >= 15 is 0 Å². The van der Waals surface area contributed by atoms with Crippen molar-refractivity contribution < 1.29 is 28.5 Å². The number of Topliss-reactive ketones (excluding diaryl/α,β-unsaturated/α-hetero) is 1. The monoisotopic (exact) mass is 490 g/mol. The van der Waals surface area contributed by atoms with Crippen molar-refractivity contribution in [1.82, 2.24) is 4.90 Å². The SMILES string of the molecule is COc1cccc(/C=C2\Oc3c(ccc(O)c3CN3CCN(c4ccccc4F)CC3)C2=O)c1OC. The summed E-state index contributed by atoms with van der Waals surface area (Å²) in [7, 11) is 3.08. The number of fused-ring (bicyclic) bond motifs is 1. The summed E-state index contributed by atoms with van der Waals surface area (Å²) in [6, 6.07) is 15.3. The van der Waals surface area contributed by atoms with E-state index in [4.69, 9.17) is 14.2 Å². The van der Waals surface area contributed by atoms with E-state index in [1.165, 1.54) is 19.2 Å². The number of anilines is 1. The van der Waals surface area contributed by atoms with Gasteiger partial charge in [0.15, 0.2) is 17.3 Å². The largest absolute Gasteiger partial charge is 0.507 e. The molecule has 0 aromatic heterocycles. The molecule has 0 aliphatic carbocycles. The lowest BCUT2D eigenvalue weighted by atomic mass is 10.0. The summed E-state index contributed by atoms with van der Waals surface area (Å²) in [5, 5.41) is 10.7. The molecule has 2 aliphatic rings. The lowest BCUT2D eigenvalue weighted by Gasteiger charge is -2.36. The first-order chi connectivity index (χ1) is 17.5. The zero-order valence-corrected chi connectivity index (χ0v) is 20.2. The maximum atomic E-state index is 14.2. The van der Waals surface area contributed by atoms with Gasteiger partial charge in [-0.05, 0) is 36.4 Å². The molecule has 1 fully saturated rings. The molecule has 36 heavy (non-hydrogen) atoms. The Morgan fingerprint density at radius 2 is 1.78 bits per heavy atom. The number of allylic oxidation sites excluding steroid dienone is 1. The van der Waals surface area contributed by atoms with Crippen molar-refractivity contribution in [2.45, 2.75) is 6.54 Å². The van der Waals surface area contributed by atoms with Crippen molar-refractivity contribution in [3.63, 3.8) is 0 Å². The number of rotatable bonds is 6. The van der Waals surface area contributed by atoms with Gasteiger partial charge >= 0.3 is 0 Å². The van der Waals surface area contributed by atoms with E-state index in [9.17, 15) is 14.3 Å². The van der Waals surface area contributed by atoms with Crippen molar-refractivity contribution in [1.29, 1.82) is 0 Å². The number of piperazine rings is 1. The number of carbonyl (C=O) groups is 1. The topological polar surface area (TPSA) is 71.5 Å². The maximum absolute atomic E-state index is 14.2. The molecule has 0 unspecified atom stereocenters. The number of phenols is 1. The average Bonchev–Trinajstić information content (AvgIpc) is 3.21. The molecule has 3 aromatic carbocycles. The highest BCUT2D eigenvalue weighted by atomic mass is 19.1. The van der Waals surface area contributed by atoms with Crippen LogP contribution in [-0.2, 0) is 6.54 Å². The Balaban J connectivity index is 1.36. The number of ether oxygens (including phenoxy) is 3. The molecule has 2 heterocycles. The van der Waals surface area contributed by atoms with Crippen LogP contribution >= 0.6 is 0 Å². The highest BCUT2D eigenvalue weighted by Crippen LogP contribution is 2.41. The van der Waals surface area contributed by atoms with Crippen LogP contribution in [0.1, 0.15) is 21.5 Å². The Morgan fingerprint density at radius 3 is 2.50 bits per heavy atom. The van der Waals surface area contributed by atoms with Gasteiger partial charge in [-0.15, -0.1) is 0 Å². The van der Waals surface area contributed by atoms with Crippen LogP contribution in [0.3, 0.4) is 0 Å². The summed E-state index contributed by atoms with van der Waals surface area (Å²) in [5.74, 6) is 1.12. The van der Waals surface area contributed by atoms with Crippen LogP contribution in [0.5, 0.6) is 23.0 Å². The van der Waals surface area contributed by atoms with E-state index in [1.54, 1.807) is 49.6 Å². The predicted octanol–water partition coefficient (Wildman–Crippen LogP) is 4.49. The molecule has 0 saturated carbocycles. The minimum Gasteiger partial charge on any atom is -0.507 e. The van der Waals surface area contributed by atoms with E-state index in [-0.39, 0.29) is 23.1 Å². The molecule has 3 aromatic rings. The molecule has 5 rings (SSSR count). The number of phenolic OH excluding ortho intramolecular Hbond substituents is 1. The van der Waals surface area contributed by atoms with Gasteiger partial charge in [0.25, 0.3) is 0 Å². The fourth-order valence-electron chi connectivity index (χ4n) is 4.70. The first-order valence-electron chi connectivity index (χ1n) is 11.7. The Hall–Kier alpha value is -4.04. The lowest BCUT2D eigenvalue weighted by molar-refractivity contribution is 0.101. The quantitative estimate of drug-likeness (QED) is 0.511. The van der Waals surface area contributed by atoms with Crippen LogP contribution in [0, 0.1) is 5.82 Å². The Kier molecular flexibility index (Phi) is 6.52. The molecule has 0 amide bonds. The fraction of sp³-hybridized carbons (Fsp3) is 0.250. The van der Waals surface area contributed by atoms with Crippen LogP contribution < -0.4 is 19.1 Å². The third-order valence-corrected chi connectivity index (χ3v) is 6.58. The third-order valence-electron chi connectivity index (χ3n) is 6.58. The molecule has 0 spiro atoms. The zero-order valence-electron chi connectivity index (χ0n) is 20.2. The van der Waals surface area contributed by atoms with Crippen LogP contribution in [0.4, 0.5) is 10.1 Å². The van der Waals surface area contributed by atoms with Crippen molar-refractivity contribution in [3.05, 3.63) is 82.9 Å². The molecule has 0 radical (unpaired) electrons. The standard InChI is InChI=1S/C28H27FN2O5/c1-34-24-9-5-6-18(27(24)35-2)16-25-26(33)19-10-11-23(32)20(28(19)36-25)17-30-12-14-31(15-13-30)22-8-4-3-7-21(22)29/h3-11,16,32H,12-15,17H2,1-2H3/b25-16-. The van der Waals surface area contributed by atoms with E-state index in [2.05, 4.69) is 4.90 Å². The minimum atomic E-state index is -0.263. The highest BCUT2D eigenvalue weighted by molar-refractivity contribution is 6.15. The molecule has 1 N–H and O–H groups in total. The number of hydrogen-bond acceptors (Lipinski definition) is 7. The number of carbonyl (C=O) groups excluding carboxylic acids is 1. The number of para-hydroxylation sites is 2. The van der Waals surface area contributed by atoms with Crippen LogP contribution in [0.25, 0.3) is 6.08 Å². The minimum absolute atomic E-state index is 0.0679. The molecule has 1 saturated heterocycles. The maximum Gasteiger partial charge on any atom is 0.231 e. The third kappa shape index (κ3) is 4.35. The Morgan fingerprint density at radius 1 is 1.00 bits per heavy atom. The summed E-state index contributed by atoms with van der Waals surface area (Å²) >= 11 is 0. The first kappa shape index (κ1) is 23.7.